The smallest absolute Gasteiger partial charge is 0.377 e. The lowest BCUT2D eigenvalue weighted by atomic mass is 10.5. The Morgan fingerprint density at radius 2 is 2.00 bits per heavy atom. The van der Waals surface area contributed by atoms with Gasteiger partial charge in [-0.05, 0) is 18.6 Å². The quantitative estimate of drug-likeness (QED) is 0.423. The van der Waals surface area contributed by atoms with Crippen LogP contribution in [-0.4, -0.2) is 57.5 Å². The Morgan fingerprint density at radius 1 is 1.38 bits per heavy atom. The van der Waals surface area contributed by atoms with Crippen molar-refractivity contribution in [2.45, 2.75) is 25.8 Å². The number of H-pyrrole nitrogens is 1. The molecule has 0 aliphatic rings. The summed E-state index contributed by atoms with van der Waals surface area (Å²) < 4.78 is 17.4. The molecule has 0 saturated heterocycles. The Balaban J connectivity index is 2.47. The minimum Gasteiger partial charge on any atom is -0.377 e. The normalized spacial score (nSPS) is 11.6. The monoisotopic (exact) mass is 334 g/mol. The molecule has 0 aliphatic carbocycles. The van der Waals surface area contributed by atoms with Crippen LogP contribution in [0.25, 0.3) is 0 Å². The third-order valence-corrected chi connectivity index (χ3v) is 6.18. The van der Waals surface area contributed by atoms with Crippen LogP contribution in [0.15, 0.2) is 0 Å². The Morgan fingerprint density at radius 3 is 2.48 bits per heavy atom. The molecule has 2 N–H and O–H groups in total. The zero-order chi connectivity index (χ0) is 15.9. The molecule has 1 aromatic rings. The van der Waals surface area contributed by atoms with E-state index >= 15 is 0 Å². The predicted octanol–water partition coefficient (Wildman–Crippen LogP) is 1.33. The van der Waals surface area contributed by atoms with Gasteiger partial charge in [0.25, 0.3) is 0 Å². The van der Waals surface area contributed by atoms with E-state index < -0.39 is 8.80 Å². The maximum Gasteiger partial charge on any atom is 0.500 e. The third kappa shape index (κ3) is 4.71. The van der Waals surface area contributed by atoms with E-state index in [1.165, 1.54) is 4.68 Å². The van der Waals surface area contributed by atoms with Gasteiger partial charge in [0.15, 0.2) is 0 Å². The van der Waals surface area contributed by atoms with E-state index in [9.17, 15) is 4.79 Å². The lowest BCUT2D eigenvalue weighted by molar-refractivity contribution is 0.123. The summed E-state index contributed by atoms with van der Waals surface area (Å²) in [5.74, 6) is 0.680. The number of hydrogen-bond donors (Lipinski definition) is 2. The molecule has 0 saturated carbocycles. The number of aromatic amines is 1. The molecule has 0 unspecified atom stereocenters. The van der Waals surface area contributed by atoms with Crippen molar-refractivity contribution >= 4 is 27.1 Å². The van der Waals surface area contributed by atoms with E-state index in [4.69, 9.17) is 25.5 Å². The second-order valence-electron chi connectivity index (χ2n) is 4.27. The van der Waals surface area contributed by atoms with E-state index in [1.807, 2.05) is 6.92 Å². The number of aryl methyl sites for hydroxylation is 1. The highest BCUT2D eigenvalue weighted by atomic mass is 32.1. The van der Waals surface area contributed by atoms with Crippen LogP contribution in [0, 0.1) is 4.77 Å². The Hall–Kier alpha value is -1.07. The number of amides is 1. The van der Waals surface area contributed by atoms with Crippen molar-refractivity contribution in [2.75, 3.05) is 27.9 Å². The highest BCUT2D eigenvalue weighted by molar-refractivity contribution is 7.71. The standard InChI is InChI=1S/C11H22N4O4SSi/c1-5-9-13-11(20)15(14-9)10(16)12-7-6-8-21(17-2,18-3)19-4/h5-8H2,1-4H3,(H,12,16)(H,13,14,20). The van der Waals surface area contributed by atoms with Gasteiger partial charge in [0.05, 0.1) is 0 Å². The molecule has 10 heteroatoms. The summed E-state index contributed by atoms with van der Waals surface area (Å²) in [5.41, 5.74) is 0. The van der Waals surface area contributed by atoms with E-state index in [2.05, 4.69) is 15.4 Å². The molecule has 0 aliphatic heterocycles. The molecule has 1 amide bonds. The fraction of sp³-hybridized carbons (Fsp3) is 0.727. The number of nitrogens with zero attached hydrogens (tertiary/aromatic N) is 2. The molecule has 0 radical (unpaired) electrons. The zero-order valence-corrected chi connectivity index (χ0v) is 14.6. The lowest BCUT2D eigenvalue weighted by Crippen LogP contribution is -2.43. The molecule has 1 aromatic heterocycles. The van der Waals surface area contributed by atoms with Gasteiger partial charge in [0.1, 0.15) is 5.82 Å². The first-order valence-electron chi connectivity index (χ1n) is 6.63. The molecule has 0 fully saturated rings. The van der Waals surface area contributed by atoms with Crippen LogP contribution < -0.4 is 5.32 Å². The van der Waals surface area contributed by atoms with E-state index in [1.54, 1.807) is 21.3 Å². The predicted molar refractivity (Wildman–Crippen MR) is 81.8 cm³/mol. The van der Waals surface area contributed by atoms with Crippen molar-refractivity contribution in [3.8, 4) is 0 Å². The molecule has 1 heterocycles. The molecule has 0 atom stereocenters. The van der Waals surface area contributed by atoms with Crippen LogP contribution >= 0.6 is 12.2 Å². The van der Waals surface area contributed by atoms with E-state index in [-0.39, 0.29) is 10.8 Å². The van der Waals surface area contributed by atoms with Crippen LogP contribution in [0.5, 0.6) is 0 Å². The minimum atomic E-state index is -2.58. The van der Waals surface area contributed by atoms with Gasteiger partial charge in [0, 0.05) is 40.3 Å². The largest absolute Gasteiger partial charge is 0.500 e. The Bertz CT molecular complexity index is 506. The molecular weight excluding hydrogens is 312 g/mol. The first kappa shape index (κ1) is 18.0. The van der Waals surface area contributed by atoms with Gasteiger partial charge in [-0.1, -0.05) is 6.92 Å². The van der Waals surface area contributed by atoms with E-state index in [0.717, 1.165) is 0 Å². The van der Waals surface area contributed by atoms with Crippen LogP contribution in [0.1, 0.15) is 19.2 Å². The molecule has 8 nitrogen and oxygen atoms in total. The molecular formula is C11H22N4O4SSi. The SMILES string of the molecule is CCc1nc(=S)n(C(=O)NCCC[Si](OC)(OC)OC)[nH]1. The van der Waals surface area contributed by atoms with Crippen LogP contribution in [0.2, 0.25) is 6.04 Å². The number of carbonyl (C=O) groups excluding carboxylic acids is 1. The molecule has 21 heavy (non-hydrogen) atoms. The van der Waals surface area contributed by atoms with Gasteiger partial charge in [-0.2, -0.15) is 4.68 Å². The summed E-state index contributed by atoms with van der Waals surface area (Å²) in [6, 6.07) is 0.289. The highest BCUT2D eigenvalue weighted by Crippen LogP contribution is 2.14. The van der Waals surface area contributed by atoms with Crippen molar-refractivity contribution in [3.05, 3.63) is 10.6 Å². The van der Waals surface area contributed by atoms with Gasteiger partial charge < -0.3 is 18.6 Å². The average Bonchev–Trinajstić information content (AvgIpc) is 2.89. The molecule has 0 bridgehead atoms. The average molecular weight is 334 g/mol. The number of rotatable bonds is 8. The second-order valence-corrected chi connectivity index (χ2v) is 7.73. The molecule has 1 rings (SSSR count). The van der Waals surface area contributed by atoms with Gasteiger partial charge in [-0.3, -0.25) is 5.10 Å². The van der Waals surface area contributed by atoms with Crippen LogP contribution in [-0.2, 0) is 19.7 Å². The first-order chi connectivity index (χ1) is 10.0. The van der Waals surface area contributed by atoms with Crippen LogP contribution in [0.4, 0.5) is 4.79 Å². The topological polar surface area (TPSA) is 90.4 Å². The summed E-state index contributed by atoms with van der Waals surface area (Å²) in [6.45, 7) is 2.40. The number of carbonyl (C=O) groups is 1. The van der Waals surface area contributed by atoms with Gasteiger partial charge in [0.2, 0.25) is 4.77 Å². The zero-order valence-electron chi connectivity index (χ0n) is 12.8. The highest BCUT2D eigenvalue weighted by Gasteiger charge is 2.36. The molecule has 120 valence electrons. The van der Waals surface area contributed by atoms with Crippen molar-refractivity contribution in [2.24, 2.45) is 0 Å². The van der Waals surface area contributed by atoms with E-state index in [0.29, 0.717) is 31.3 Å². The summed E-state index contributed by atoms with van der Waals surface area (Å²) in [5, 5.41) is 5.61. The molecule has 0 aromatic carbocycles. The van der Waals surface area contributed by atoms with Crippen molar-refractivity contribution < 1.29 is 18.1 Å². The molecule has 0 spiro atoms. The summed E-state index contributed by atoms with van der Waals surface area (Å²) in [4.78, 5) is 16.0. The summed E-state index contributed by atoms with van der Waals surface area (Å²) in [6.07, 6.45) is 1.36. The number of hydrogen-bond acceptors (Lipinski definition) is 6. The van der Waals surface area contributed by atoms with Gasteiger partial charge >= 0.3 is 14.8 Å². The fourth-order valence-electron chi connectivity index (χ4n) is 1.80. The Kier molecular flexibility index (Phi) is 7.18. The van der Waals surface area contributed by atoms with Crippen LogP contribution in [0.3, 0.4) is 0 Å². The van der Waals surface area contributed by atoms with Crippen molar-refractivity contribution in [1.29, 1.82) is 0 Å². The second kappa shape index (κ2) is 8.39. The van der Waals surface area contributed by atoms with Gasteiger partial charge in [-0.15, -0.1) is 0 Å². The van der Waals surface area contributed by atoms with Crippen molar-refractivity contribution in [1.82, 2.24) is 20.1 Å². The number of aromatic nitrogens is 3. The Labute approximate surface area is 130 Å². The summed E-state index contributed by atoms with van der Waals surface area (Å²) >= 11 is 5.02. The lowest BCUT2D eigenvalue weighted by Gasteiger charge is -2.24. The first-order valence-corrected chi connectivity index (χ1v) is 8.97. The van der Waals surface area contributed by atoms with Crippen molar-refractivity contribution in [3.63, 3.8) is 0 Å². The van der Waals surface area contributed by atoms with Gasteiger partial charge in [-0.25, -0.2) is 9.78 Å². The maximum absolute atomic E-state index is 12.0. The maximum atomic E-state index is 12.0. The summed E-state index contributed by atoms with van der Waals surface area (Å²) in [7, 11) is 2.11. The number of nitrogens with one attached hydrogen (secondary N) is 2. The third-order valence-electron chi connectivity index (χ3n) is 3.07. The fourth-order valence-corrected chi connectivity index (χ4v) is 3.76. The minimum absolute atomic E-state index is 0.221.